The largest absolute Gasteiger partial charge is 0.328 e. The van der Waals surface area contributed by atoms with Crippen molar-refractivity contribution in [1.82, 2.24) is 0 Å². The molecule has 1 aromatic heterocycles. The monoisotopic (exact) mass is 253 g/mol. The normalized spacial score (nSPS) is 13.5. The summed E-state index contributed by atoms with van der Waals surface area (Å²) in [5.74, 6) is 0. The van der Waals surface area contributed by atoms with Gasteiger partial charge in [0.25, 0.3) is 0 Å². The zero-order valence-corrected chi connectivity index (χ0v) is 9.26. The molecular formula is C7H9BrClNS. The standard InChI is InChI=1S/C7H9BrClNS/c1-4(10)2-5-3-6(8)7(9)11-5/h3-4H,2,10H2,1H3/t4-/m0/s1. The highest BCUT2D eigenvalue weighted by Crippen LogP contribution is 2.32. The Kier molecular flexibility index (Phi) is 3.37. The summed E-state index contributed by atoms with van der Waals surface area (Å²) in [6.07, 6.45) is 0.899. The Hall–Kier alpha value is 0.430. The van der Waals surface area contributed by atoms with Gasteiger partial charge in [0.1, 0.15) is 4.34 Å². The van der Waals surface area contributed by atoms with Crippen LogP contribution in [0.1, 0.15) is 11.8 Å². The Morgan fingerprint density at radius 1 is 1.82 bits per heavy atom. The third-order valence-electron chi connectivity index (χ3n) is 1.22. The lowest BCUT2D eigenvalue weighted by molar-refractivity contribution is 0.746. The summed E-state index contributed by atoms with van der Waals surface area (Å²) in [6, 6.07) is 2.23. The summed E-state index contributed by atoms with van der Waals surface area (Å²) in [4.78, 5) is 1.23. The van der Waals surface area contributed by atoms with Crippen molar-refractivity contribution in [3.05, 3.63) is 19.8 Å². The van der Waals surface area contributed by atoms with Crippen LogP contribution in [0.4, 0.5) is 0 Å². The quantitative estimate of drug-likeness (QED) is 0.862. The van der Waals surface area contributed by atoms with Crippen molar-refractivity contribution < 1.29 is 0 Å². The summed E-state index contributed by atoms with van der Waals surface area (Å²) in [7, 11) is 0. The van der Waals surface area contributed by atoms with Gasteiger partial charge < -0.3 is 5.73 Å². The fourth-order valence-electron chi connectivity index (χ4n) is 0.809. The van der Waals surface area contributed by atoms with Crippen molar-refractivity contribution in [2.75, 3.05) is 0 Å². The van der Waals surface area contributed by atoms with E-state index in [0.717, 1.165) is 15.2 Å². The number of rotatable bonds is 2. The molecule has 62 valence electrons. The molecule has 0 aromatic carbocycles. The van der Waals surface area contributed by atoms with E-state index >= 15 is 0 Å². The molecule has 1 rings (SSSR count). The molecule has 0 unspecified atom stereocenters. The van der Waals surface area contributed by atoms with Gasteiger partial charge in [-0.3, -0.25) is 0 Å². The second-order valence-electron chi connectivity index (χ2n) is 2.52. The molecule has 0 amide bonds. The molecule has 0 saturated carbocycles. The first-order valence-electron chi connectivity index (χ1n) is 3.29. The maximum absolute atomic E-state index is 5.84. The van der Waals surface area contributed by atoms with Crippen LogP contribution in [0.15, 0.2) is 10.5 Å². The first kappa shape index (κ1) is 9.52. The predicted molar refractivity (Wildman–Crippen MR) is 54.4 cm³/mol. The zero-order valence-electron chi connectivity index (χ0n) is 6.10. The highest BCUT2D eigenvalue weighted by atomic mass is 79.9. The van der Waals surface area contributed by atoms with Crippen LogP contribution in [-0.2, 0) is 6.42 Å². The second kappa shape index (κ2) is 3.90. The van der Waals surface area contributed by atoms with Gasteiger partial charge in [0, 0.05) is 15.4 Å². The van der Waals surface area contributed by atoms with E-state index in [0.29, 0.717) is 0 Å². The molecule has 4 heteroatoms. The van der Waals surface area contributed by atoms with Crippen LogP contribution in [0.25, 0.3) is 0 Å². The number of hydrogen-bond donors (Lipinski definition) is 1. The molecule has 2 N–H and O–H groups in total. The Labute approximate surface area is 83.7 Å². The molecule has 0 bridgehead atoms. The van der Waals surface area contributed by atoms with Gasteiger partial charge in [-0.2, -0.15) is 0 Å². The van der Waals surface area contributed by atoms with Gasteiger partial charge in [-0.15, -0.1) is 11.3 Å². The smallest absolute Gasteiger partial charge is 0.107 e. The van der Waals surface area contributed by atoms with E-state index in [2.05, 4.69) is 15.9 Å². The average molecular weight is 255 g/mol. The predicted octanol–water partition coefficient (Wildman–Crippen LogP) is 3.05. The molecule has 1 atom stereocenters. The highest BCUT2D eigenvalue weighted by Gasteiger charge is 2.05. The van der Waals surface area contributed by atoms with E-state index in [1.165, 1.54) is 4.88 Å². The molecule has 0 spiro atoms. The molecule has 11 heavy (non-hydrogen) atoms. The highest BCUT2D eigenvalue weighted by molar-refractivity contribution is 9.10. The minimum absolute atomic E-state index is 0.205. The minimum atomic E-state index is 0.205. The third kappa shape index (κ3) is 2.75. The lowest BCUT2D eigenvalue weighted by Gasteiger charge is -1.99. The summed E-state index contributed by atoms with van der Waals surface area (Å²) in [5, 5.41) is 0. The molecule has 0 saturated heterocycles. The van der Waals surface area contributed by atoms with Crippen LogP contribution in [0.3, 0.4) is 0 Å². The molecule has 0 aliphatic heterocycles. The van der Waals surface area contributed by atoms with Crippen molar-refractivity contribution in [3.63, 3.8) is 0 Å². The average Bonchev–Trinajstić information content (AvgIpc) is 2.10. The van der Waals surface area contributed by atoms with Crippen molar-refractivity contribution in [2.45, 2.75) is 19.4 Å². The maximum Gasteiger partial charge on any atom is 0.107 e. The van der Waals surface area contributed by atoms with Gasteiger partial charge in [-0.25, -0.2) is 0 Å². The molecular weight excluding hydrogens is 246 g/mol. The molecule has 0 aliphatic carbocycles. The summed E-state index contributed by atoms with van der Waals surface area (Å²) in [6.45, 7) is 1.99. The Morgan fingerprint density at radius 3 is 2.82 bits per heavy atom. The van der Waals surface area contributed by atoms with E-state index in [1.54, 1.807) is 11.3 Å². The van der Waals surface area contributed by atoms with Crippen molar-refractivity contribution >= 4 is 38.9 Å². The summed E-state index contributed by atoms with van der Waals surface area (Å²) in [5.41, 5.74) is 5.63. The van der Waals surface area contributed by atoms with E-state index in [4.69, 9.17) is 17.3 Å². The van der Waals surface area contributed by atoms with Crippen molar-refractivity contribution in [3.8, 4) is 0 Å². The molecule has 0 aliphatic rings. The van der Waals surface area contributed by atoms with Crippen LogP contribution < -0.4 is 5.73 Å². The number of hydrogen-bond acceptors (Lipinski definition) is 2. The Morgan fingerprint density at radius 2 is 2.45 bits per heavy atom. The van der Waals surface area contributed by atoms with Gasteiger partial charge in [0.2, 0.25) is 0 Å². The summed E-state index contributed by atoms with van der Waals surface area (Å²) < 4.78 is 1.78. The molecule has 1 aromatic rings. The lowest BCUT2D eigenvalue weighted by Crippen LogP contribution is -2.16. The van der Waals surface area contributed by atoms with Gasteiger partial charge in [-0.05, 0) is 35.3 Å². The number of nitrogens with two attached hydrogens (primary N) is 1. The van der Waals surface area contributed by atoms with Crippen LogP contribution in [0.2, 0.25) is 4.34 Å². The Bertz CT molecular complexity index is 227. The lowest BCUT2D eigenvalue weighted by atomic mass is 10.2. The fourth-order valence-corrected chi connectivity index (χ4v) is 2.74. The Balaban J connectivity index is 2.73. The summed E-state index contributed by atoms with van der Waals surface area (Å²) >= 11 is 10.8. The zero-order chi connectivity index (χ0) is 8.43. The molecule has 0 fully saturated rings. The van der Waals surface area contributed by atoms with Gasteiger partial charge >= 0.3 is 0 Å². The SMILES string of the molecule is C[C@H](N)Cc1cc(Br)c(Cl)s1. The van der Waals surface area contributed by atoms with E-state index in [9.17, 15) is 0 Å². The van der Waals surface area contributed by atoms with Crippen LogP contribution in [0.5, 0.6) is 0 Å². The molecule has 1 heterocycles. The van der Waals surface area contributed by atoms with Crippen molar-refractivity contribution in [1.29, 1.82) is 0 Å². The molecule has 1 nitrogen and oxygen atoms in total. The van der Waals surface area contributed by atoms with E-state index < -0.39 is 0 Å². The van der Waals surface area contributed by atoms with Crippen LogP contribution in [-0.4, -0.2) is 6.04 Å². The molecule has 0 radical (unpaired) electrons. The van der Waals surface area contributed by atoms with Crippen molar-refractivity contribution in [2.24, 2.45) is 5.73 Å². The van der Waals surface area contributed by atoms with E-state index in [1.807, 2.05) is 13.0 Å². The van der Waals surface area contributed by atoms with Crippen LogP contribution >= 0.6 is 38.9 Å². The third-order valence-corrected chi connectivity index (χ3v) is 3.72. The van der Waals surface area contributed by atoms with Gasteiger partial charge in [-0.1, -0.05) is 11.6 Å². The second-order valence-corrected chi connectivity index (χ2v) is 5.11. The maximum atomic E-state index is 5.84. The van der Waals surface area contributed by atoms with E-state index in [-0.39, 0.29) is 6.04 Å². The number of thiophene rings is 1. The first-order chi connectivity index (χ1) is 5.09. The minimum Gasteiger partial charge on any atom is -0.328 e. The van der Waals surface area contributed by atoms with Crippen LogP contribution in [0, 0.1) is 0 Å². The van der Waals surface area contributed by atoms with Gasteiger partial charge in [0.15, 0.2) is 0 Å². The topological polar surface area (TPSA) is 26.0 Å². The number of halogens is 2. The van der Waals surface area contributed by atoms with Gasteiger partial charge in [0.05, 0.1) is 0 Å². The first-order valence-corrected chi connectivity index (χ1v) is 5.27. The fraction of sp³-hybridized carbons (Fsp3) is 0.429.